The van der Waals surface area contributed by atoms with Crippen LogP contribution in [-0.2, 0) is 23.2 Å². The molecule has 1 aliphatic rings. The van der Waals surface area contributed by atoms with E-state index in [1.165, 1.54) is 12.5 Å². The number of hydrogen-bond acceptors (Lipinski definition) is 5. The molecular weight excluding hydrogens is 540 g/mol. The van der Waals surface area contributed by atoms with Crippen molar-refractivity contribution in [3.63, 3.8) is 0 Å². The number of aryl methyl sites for hydroxylation is 1. The van der Waals surface area contributed by atoms with Gasteiger partial charge in [-0.2, -0.15) is 5.10 Å². The van der Waals surface area contributed by atoms with Crippen molar-refractivity contribution in [2.45, 2.75) is 80.8 Å². The van der Waals surface area contributed by atoms with Gasteiger partial charge in [0.25, 0.3) is 5.91 Å². The van der Waals surface area contributed by atoms with Crippen LogP contribution in [0.5, 0.6) is 5.75 Å². The van der Waals surface area contributed by atoms with Gasteiger partial charge in [0.2, 0.25) is 5.91 Å². The highest BCUT2D eigenvalue weighted by Crippen LogP contribution is 2.22. The van der Waals surface area contributed by atoms with Gasteiger partial charge >= 0.3 is 0 Å². The predicted molar refractivity (Wildman–Crippen MR) is 175 cm³/mol. The molecule has 8 nitrogen and oxygen atoms in total. The van der Waals surface area contributed by atoms with E-state index in [1.54, 1.807) is 13.2 Å². The first-order valence-electron chi connectivity index (χ1n) is 14.8. The summed E-state index contributed by atoms with van der Waals surface area (Å²) in [6.07, 6.45) is 4.91. The minimum atomic E-state index is -0.600. The Morgan fingerprint density at radius 1 is 1.05 bits per heavy atom. The highest BCUT2D eigenvalue weighted by Gasteiger charge is 2.18. The molecule has 2 amide bonds. The van der Waals surface area contributed by atoms with E-state index in [0.29, 0.717) is 6.54 Å². The van der Waals surface area contributed by atoms with Gasteiger partial charge in [-0.3, -0.25) is 14.3 Å². The summed E-state index contributed by atoms with van der Waals surface area (Å²) in [5.74, 6) is 1.54. The van der Waals surface area contributed by atoms with Gasteiger partial charge in [0, 0.05) is 31.8 Å². The van der Waals surface area contributed by atoms with Crippen LogP contribution in [0.4, 0.5) is 0 Å². The maximum atomic E-state index is 11.2. The predicted octanol–water partition coefficient (Wildman–Crippen LogP) is 6.86. The van der Waals surface area contributed by atoms with E-state index in [1.807, 2.05) is 68.1 Å². The zero-order chi connectivity index (χ0) is 32.7. The fourth-order valence-corrected chi connectivity index (χ4v) is 3.99. The minimum absolute atomic E-state index is 0.0103. The fraction of sp³-hybridized carbons (Fsp3) is 0.429. The molecule has 2 unspecified atom stereocenters. The second-order valence-corrected chi connectivity index (χ2v) is 10.8. The smallest absolute Gasteiger partial charge is 0.252 e. The average Bonchev–Trinajstić information content (AvgIpc) is 3.48. The Morgan fingerprint density at radius 3 is 2.12 bits per heavy atom. The van der Waals surface area contributed by atoms with E-state index in [-0.39, 0.29) is 17.7 Å². The van der Waals surface area contributed by atoms with Crippen molar-refractivity contribution in [2.75, 3.05) is 7.11 Å². The van der Waals surface area contributed by atoms with Crippen LogP contribution >= 0.6 is 0 Å². The number of carbonyl (C=O) groups is 3. The number of fused-ring (bicyclic) bond motifs is 1. The molecule has 8 heteroatoms. The lowest BCUT2D eigenvalue weighted by atomic mass is 9.97. The Morgan fingerprint density at radius 2 is 1.63 bits per heavy atom. The normalized spacial score (nSPS) is 12.8. The van der Waals surface area contributed by atoms with Gasteiger partial charge in [-0.25, -0.2) is 0 Å². The van der Waals surface area contributed by atoms with Crippen LogP contribution < -0.4 is 15.4 Å². The van der Waals surface area contributed by atoms with E-state index in [9.17, 15) is 14.4 Å². The van der Waals surface area contributed by atoms with Crippen LogP contribution in [0, 0.1) is 19.8 Å². The number of carbonyl (C=O) groups excluding carboxylic acids is 3. The summed E-state index contributed by atoms with van der Waals surface area (Å²) in [5, 5.41) is 9.87. The first-order chi connectivity index (χ1) is 20.4. The van der Waals surface area contributed by atoms with Crippen molar-refractivity contribution >= 4 is 24.2 Å². The number of ether oxygens (including phenoxy) is 1. The molecule has 2 aromatic carbocycles. The quantitative estimate of drug-likeness (QED) is 0.293. The highest BCUT2D eigenvalue weighted by atomic mass is 16.5. The minimum Gasteiger partial charge on any atom is -0.497 e. The summed E-state index contributed by atoms with van der Waals surface area (Å²) in [4.78, 5) is 33.5. The molecule has 0 fully saturated rings. The van der Waals surface area contributed by atoms with Crippen molar-refractivity contribution in [3.8, 4) is 5.75 Å². The number of methoxy groups -OCH3 is 1. The van der Waals surface area contributed by atoms with Gasteiger partial charge in [0.05, 0.1) is 12.8 Å². The maximum Gasteiger partial charge on any atom is 0.252 e. The number of rotatable bonds is 7. The SMILES string of the molecule is CC.CC(=O)NC(C=O)c1ccc(C(C)/C=C\c2nn(C)c(C)c2C)cc1.CC(C)C.COc1ccc2c(c1)C(=O)NC2. The standard InChI is InChI=1S/C20H25N3O2.C9H9NO2.C4H10.C2H6/c1-13(6-11-19-14(2)15(3)23(5)22-19)17-7-9-18(10-8-17)20(12-24)21-16(4)25;1-12-7-3-2-6-5-10-9(11)8(6)4-7;1-4(2)3;1-2/h6-13,20H,1-5H3,(H,21,25);2-4H,5H2,1H3,(H,10,11);4H,1-3H3;1-2H3/b11-6-;;;. The van der Waals surface area contributed by atoms with Gasteiger partial charge < -0.3 is 20.2 Å². The van der Waals surface area contributed by atoms with Gasteiger partial charge in [0.15, 0.2) is 0 Å². The Kier molecular flexibility index (Phi) is 15.7. The monoisotopic (exact) mass is 590 g/mol. The second kappa shape index (κ2) is 18.4. The Bertz CT molecular complexity index is 1350. The van der Waals surface area contributed by atoms with E-state index in [4.69, 9.17) is 4.74 Å². The number of nitrogens with zero attached hydrogens (tertiary/aromatic N) is 2. The van der Waals surface area contributed by atoms with E-state index in [0.717, 1.165) is 51.6 Å². The number of nitrogens with one attached hydrogen (secondary N) is 2. The second-order valence-electron chi connectivity index (χ2n) is 10.8. The molecule has 2 N–H and O–H groups in total. The first kappa shape index (κ1) is 36.8. The summed E-state index contributed by atoms with van der Waals surface area (Å²) in [6, 6.07) is 12.7. The Labute approximate surface area is 257 Å². The van der Waals surface area contributed by atoms with Crippen molar-refractivity contribution in [3.05, 3.63) is 87.7 Å². The molecule has 4 rings (SSSR count). The van der Waals surface area contributed by atoms with Crippen LogP contribution in [-0.4, -0.2) is 35.0 Å². The van der Waals surface area contributed by atoms with E-state index in [2.05, 4.69) is 63.4 Å². The molecule has 0 aliphatic carbocycles. The van der Waals surface area contributed by atoms with Crippen molar-refractivity contribution in [1.29, 1.82) is 0 Å². The number of aromatic nitrogens is 2. The molecule has 3 aromatic rings. The molecule has 234 valence electrons. The van der Waals surface area contributed by atoms with Gasteiger partial charge in [-0.1, -0.05) is 78.0 Å². The average molecular weight is 591 g/mol. The van der Waals surface area contributed by atoms with E-state index >= 15 is 0 Å². The number of hydrogen-bond donors (Lipinski definition) is 2. The topological polar surface area (TPSA) is 102 Å². The number of benzene rings is 2. The Hall–Kier alpha value is -4.20. The van der Waals surface area contributed by atoms with Crippen LogP contribution in [0.3, 0.4) is 0 Å². The third-order valence-corrected chi connectivity index (χ3v) is 6.53. The summed E-state index contributed by atoms with van der Waals surface area (Å²) in [5.41, 5.74) is 7.02. The molecule has 0 bridgehead atoms. The first-order valence-corrected chi connectivity index (χ1v) is 14.8. The third-order valence-electron chi connectivity index (χ3n) is 6.53. The highest BCUT2D eigenvalue weighted by molar-refractivity contribution is 5.98. The van der Waals surface area contributed by atoms with Crippen LogP contribution in [0.15, 0.2) is 48.5 Å². The lowest BCUT2D eigenvalue weighted by Gasteiger charge is -2.13. The van der Waals surface area contributed by atoms with Crippen LogP contribution in [0.1, 0.15) is 104 Å². The molecule has 2 heterocycles. The van der Waals surface area contributed by atoms with Gasteiger partial charge in [-0.15, -0.1) is 0 Å². The molecule has 1 aromatic heterocycles. The maximum absolute atomic E-state index is 11.2. The summed E-state index contributed by atoms with van der Waals surface area (Å²) >= 11 is 0. The van der Waals surface area contributed by atoms with Gasteiger partial charge in [0.1, 0.15) is 18.1 Å². The summed E-state index contributed by atoms with van der Waals surface area (Å²) in [7, 11) is 3.54. The molecule has 43 heavy (non-hydrogen) atoms. The molecule has 2 atom stereocenters. The summed E-state index contributed by atoms with van der Waals surface area (Å²) < 4.78 is 6.89. The fourth-order valence-electron chi connectivity index (χ4n) is 3.99. The molecule has 0 saturated heterocycles. The van der Waals surface area contributed by atoms with Crippen LogP contribution in [0.2, 0.25) is 0 Å². The van der Waals surface area contributed by atoms with Gasteiger partial charge in [-0.05, 0) is 66.1 Å². The molecule has 1 aliphatic heterocycles. The Balaban J connectivity index is 0.000000422. The molecule has 0 spiro atoms. The molecular formula is C35H50N4O4. The zero-order valence-corrected chi connectivity index (χ0v) is 27.7. The van der Waals surface area contributed by atoms with Crippen molar-refractivity contribution in [1.82, 2.24) is 20.4 Å². The molecule has 0 radical (unpaired) electrons. The van der Waals surface area contributed by atoms with Crippen molar-refractivity contribution in [2.24, 2.45) is 13.0 Å². The van der Waals surface area contributed by atoms with E-state index < -0.39 is 6.04 Å². The zero-order valence-electron chi connectivity index (χ0n) is 27.7. The summed E-state index contributed by atoms with van der Waals surface area (Å²) in [6.45, 7) is 18.8. The molecule has 0 saturated carbocycles. The largest absolute Gasteiger partial charge is 0.497 e. The number of aldehydes is 1. The lowest BCUT2D eigenvalue weighted by molar-refractivity contribution is -0.122. The van der Waals surface area contributed by atoms with Crippen LogP contribution in [0.25, 0.3) is 6.08 Å². The number of amides is 2. The lowest BCUT2D eigenvalue weighted by Crippen LogP contribution is -2.26. The third kappa shape index (κ3) is 11.5. The van der Waals surface area contributed by atoms with Crippen molar-refractivity contribution < 1.29 is 19.1 Å². The number of allylic oxidation sites excluding steroid dienone is 1.